The van der Waals surface area contributed by atoms with E-state index in [1.165, 1.54) is 65.8 Å². The summed E-state index contributed by atoms with van der Waals surface area (Å²) < 4.78 is 9.28. The van der Waals surface area contributed by atoms with Gasteiger partial charge in [0, 0.05) is 30.9 Å². The van der Waals surface area contributed by atoms with Gasteiger partial charge in [-0.2, -0.15) is 0 Å². The van der Waals surface area contributed by atoms with Crippen molar-refractivity contribution in [3.63, 3.8) is 0 Å². The predicted molar refractivity (Wildman–Crippen MR) is 172 cm³/mol. The number of benzene rings is 4. The Morgan fingerprint density at radius 3 is 2.27 bits per heavy atom. The van der Waals surface area contributed by atoms with Crippen LogP contribution >= 0.6 is 0 Å². The van der Waals surface area contributed by atoms with Gasteiger partial charge in [0.25, 0.3) is 0 Å². The fraction of sp³-hybridized carbons (Fsp3) is 0.368. The van der Waals surface area contributed by atoms with Crippen LogP contribution < -0.4 is 9.30 Å². The molecule has 208 valence electrons. The molecule has 0 amide bonds. The molecule has 0 atom stereocenters. The normalized spacial score (nSPS) is 12.8. The Morgan fingerprint density at radius 2 is 1.56 bits per heavy atom. The van der Waals surface area contributed by atoms with E-state index in [0.29, 0.717) is 11.8 Å². The van der Waals surface area contributed by atoms with Gasteiger partial charge in [0.05, 0.1) is 17.4 Å². The van der Waals surface area contributed by atoms with Gasteiger partial charge in [0.2, 0.25) is 11.2 Å². The second kappa shape index (κ2) is 9.88. The van der Waals surface area contributed by atoms with Crippen molar-refractivity contribution in [1.82, 2.24) is 0 Å². The van der Waals surface area contributed by atoms with Crippen molar-refractivity contribution < 1.29 is 9.30 Å². The average Bonchev–Trinajstić information content (AvgIpc) is 2.91. The summed E-state index contributed by atoms with van der Waals surface area (Å²) in [5, 5.41) is 7.42. The number of aryl methyl sites for hydroxylation is 2. The number of ether oxygens (including phenoxy) is 1. The molecule has 3 nitrogen and oxygen atoms in total. The van der Waals surface area contributed by atoms with Crippen molar-refractivity contribution in [2.75, 3.05) is 0 Å². The maximum Gasteiger partial charge on any atom is 0.231 e. The third-order valence-electron chi connectivity index (χ3n) is 8.60. The highest BCUT2D eigenvalue weighted by Crippen LogP contribution is 2.52. The lowest BCUT2D eigenvalue weighted by Crippen LogP contribution is -2.32. The minimum Gasteiger partial charge on any atom is -0.455 e. The zero-order chi connectivity index (χ0) is 29.2. The van der Waals surface area contributed by atoms with Crippen LogP contribution in [0.1, 0.15) is 63.8 Å². The first kappa shape index (κ1) is 27.3. The van der Waals surface area contributed by atoms with Gasteiger partial charge in [-0.25, -0.2) is 11.1 Å². The first-order valence-electron chi connectivity index (χ1n) is 15.0. The SMILES string of the molecule is [C-]#[N+]C(C)(C)Cc1ccc2cc3c4c([n+](C)ccc4c2c1)-c1c(c(CC(C)C)c2ccc(CC(C)C)cc2c1C)O3. The fourth-order valence-corrected chi connectivity index (χ4v) is 6.79. The van der Waals surface area contributed by atoms with Crippen LogP contribution in [-0.4, -0.2) is 5.54 Å². The molecule has 0 radical (unpaired) electrons. The maximum atomic E-state index is 7.62. The summed E-state index contributed by atoms with van der Waals surface area (Å²) in [7, 11) is 2.16. The Labute approximate surface area is 244 Å². The number of rotatable bonds is 6. The molecule has 0 aliphatic carbocycles. The number of hydrogen-bond acceptors (Lipinski definition) is 1. The molecule has 3 heteroatoms. The maximum absolute atomic E-state index is 7.62. The molecule has 1 aliphatic heterocycles. The highest BCUT2D eigenvalue weighted by molar-refractivity contribution is 6.16. The molecule has 0 spiro atoms. The Hall–Kier alpha value is -3.90. The Kier molecular flexibility index (Phi) is 6.57. The van der Waals surface area contributed by atoms with Gasteiger partial charge < -0.3 is 9.58 Å². The van der Waals surface area contributed by atoms with Gasteiger partial charge in [-0.05, 0) is 75.9 Å². The van der Waals surface area contributed by atoms with E-state index in [4.69, 9.17) is 11.3 Å². The monoisotopic (exact) mass is 541 g/mol. The number of fused-ring (bicyclic) bond motifs is 5. The molecular weight excluding hydrogens is 500 g/mol. The lowest BCUT2D eigenvalue weighted by Gasteiger charge is -2.26. The number of nitrogens with zero attached hydrogens (tertiary/aromatic N) is 2. The summed E-state index contributed by atoms with van der Waals surface area (Å²) in [5.74, 6) is 3.07. The van der Waals surface area contributed by atoms with E-state index in [-0.39, 0.29) is 0 Å². The molecular formula is C38H41N2O+. The zero-order valence-corrected chi connectivity index (χ0v) is 25.8. The van der Waals surface area contributed by atoms with E-state index >= 15 is 0 Å². The minimum atomic E-state index is -0.423. The third kappa shape index (κ3) is 4.64. The standard InChI is InChI=1S/C38H41N2O/c1-22(2)16-25-11-13-28-30(18-25)24(5)34-36-35-29(14-15-40(36)9)31-19-26(21-38(6,7)39-8)10-12-27(31)20-33(35)41-37(34)32(28)17-23(3)4/h10-15,18-20,22-23H,16-17,21H2,1-7,9H3/q+1. The largest absolute Gasteiger partial charge is 0.455 e. The van der Waals surface area contributed by atoms with E-state index in [9.17, 15) is 0 Å². The lowest BCUT2D eigenvalue weighted by molar-refractivity contribution is -0.659. The predicted octanol–water partition coefficient (Wildman–Crippen LogP) is 9.69. The van der Waals surface area contributed by atoms with Crippen LogP contribution in [0.25, 0.3) is 48.4 Å². The molecule has 0 bridgehead atoms. The van der Waals surface area contributed by atoms with Crippen molar-refractivity contribution in [1.29, 1.82) is 0 Å². The van der Waals surface area contributed by atoms with E-state index in [0.717, 1.165) is 30.8 Å². The number of hydrogen-bond donors (Lipinski definition) is 0. The van der Waals surface area contributed by atoms with Crippen LogP contribution in [-0.2, 0) is 26.3 Å². The summed E-state index contributed by atoms with van der Waals surface area (Å²) in [4.78, 5) is 3.86. The molecule has 1 aliphatic rings. The van der Waals surface area contributed by atoms with Crippen LogP contribution in [0.2, 0.25) is 0 Å². The van der Waals surface area contributed by atoms with E-state index in [2.05, 4.69) is 106 Å². The van der Waals surface area contributed by atoms with Crippen molar-refractivity contribution in [3.8, 4) is 22.8 Å². The van der Waals surface area contributed by atoms with Crippen molar-refractivity contribution >= 4 is 32.3 Å². The van der Waals surface area contributed by atoms with E-state index in [1.54, 1.807) is 0 Å². The van der Waals surface area contributed by atoms with Crippen molar-refractivity contribution in [2.45, 2.75) is 73.3 Å². The topological polar surface area (TPSA) is 17.5 Å². The smallest absolute Gasteiger partial charge is 0.231 e. The molecule has 4 aromatic carbocycles. The summed E-state index contributed by atoms with van der Waals surface area (Å²) in [6.07, 6.45) is 4.97. The van der Waals surface area contributed by atoms with E-state index < -0.39 is 5.54 Å². The third-order valence-corrected chi connectivity index (χ3v) is 8.60. The van der Waals surface area contributed by atoms with Crippen LogP contribution in [0.3, 0.4) is 0 Å². The van der Waals surface area contributed by atoms with Gasteiger partial charge in [0.15, 0.2) is 6.20 Å². The molecule has 1 aromatic heterocycles. The molecule has 0 saturated carbocycles. The van der Waals surface area contributed by atoms with Gasteiger partial charge in [-0.3, -0.25) is 0 Å². The molecule has 0 fully saturated rings. The fourth-order valence-electron chi connectivity index (χ4n) is 6.79. The Morgan fingerprint density at radius 1 is 0.854 bits per heavy atom. The highest BCUT2D eigenvalue weighted by Gasteiger charge is 2.34. The van der Waals surface area contributed by atoms with Gasteiger partial charge in [-0.15, -0.1) is 0 Å². The molecule has 5 aromatic rings. The lowest BCUT2D eigenvalue weighted by atomic mass is 9.84. The summed E-state index contributed by atoms with van der Waals surface area (Å²) >= 11 is 0. The van der Waals surface area contributed by atoms with Crippen LogP contribution in [0.15, 0.2) is 54.7 Å². The molecule has 41 heavy (non-hydrogen) atoms. The van der Waals surface area contributed by atoms with Crippen molar-refractivity contribution in [3.05, 3.63) is 88.4 Å². The highest BCUT2D eigenvalue weighted by atomic mass is 16.5. The number of aromatic nitrogens is 1. The second-order valence-corrected chi connectivity index (χ2v) is 13.6. The molecule has 6 rings (SSSR count). The quantitative estimate of drug-likeness (QED) is 0.117. The molecule has 0 N–H and O–H groups in total. The van der Waals surface area contributed by atoms with Crippen molar-refractivity contribution in [2.24, 2.45) is 18.9 Å². The summed E-state index contributed by atoms with van der Waals surface area (Å²) in [5.41, 5.74) is 7.21. The first-order valence-corrected chi connectivity index (χ1v) is 15.0. The van der Waals surface area contributed by atoms with E-state index in [1.807, 2.05) is 13.8 Å². The molecule has 0 unspecified atom stereocenters. The Bertz CT molecular complexity index is 1900. The summed E-state index contributed by atoms with van der Waals surface area (Å²) in [6.45, 7) is 23.1. The zero-order valence-electron chi connectivity index (χ0n) is 25.8. The van der Waals surface area contributed by atoms with Crippen LogP contribution in [0.4, 0.5) is 0 Å². The second-order valence-electron chi connectivity index (χ2n) is 13.6. The Balaban J connectivity index is 1.68. The molecule has 0 saturated heterocycles. The van der Waals surface area contributed by atoms with Crippen LogP contribution in [0, 0.1) is 25.3 Å². The van der Waals surface area contributed by atoms with Gasteiger partial charge in [-0.1, -0.05) is 64.1 Å². The van der Waals surface area contributed by atoms with Gasteiger partial charge in [0.1, 0.15) is 18.5 Å². The average molecular weight is 542 g/mol. The summed E-state index contributed by atoms with van der Waals surface area (Å²) in [6, 6.07) is 18.2. The first-order chi connectivity index (χ1) is 19.5. The van der Waals surface area contributed by atoms with Gasteiger partial charge >= 0.3 is 0 Å². The molecule has 2 heterocycles. The minimum absolute atomic E-state index is 0.423. The number of pyridine rings is 1. The van der Waals surface area contributed by atoms with Crippen LogP contribution in [0.5, 0.6) is 11.5 Å².